The van der Waals surface area contributed by atoms with Crippen molar-refractivity contribution < 1.29 is 0 Å². The van der Waals surface area contributed by atoms with Gasteiger partial charge in [-0.15, -0.1) is 0 Å². The van der Waals surface area contributed by atoms with Gasteiger partial charge in [-0.1, -0.05) is 41.9 Å². The highest BCUT2D eigenvalue weighted by Gasteiger charge is 2.13. The summed E-state index contributed by atoms with van der Waals surface area (Å²) in [5.41, 5.74) is 2.64. The molecule has 118 valence electrons. The van der Waals surface area contributed by atoms with Crippen molar-refractivity contribution in [2.75, 3.05) is 5.32 Å². The fourth-order valence-electron chi connectivity index (χ4n) is 2.50. The first kappa shape index (κ1) is 14.7. The number of benzene rings is 2. The Morgan fingerprint density at radius 1 is 0.958 bits per heavy atom. The second-order valence-electron chi connectivity index (χ2n) is 5.40. The number of rotatable bonds is 3. The summed E-state index contributed by atoms with van der Waals surface area (Å²) in [6.45, 7) is 0. The Labute approximate surface area is 143 Å². The zero-order valence-corrected chi connectivity index (χ0v) is 13.7. The second kappa shape index (κ2) is 5.94. The summed E-state index contributed by atoms with van der Waals surface area (Å²) in [7, 11) is 1.87. The van der Waals surface area contributed by atoms with Crippen molar-refractivity contribution in [3.63, 3.8) is 0 Å². The predicted molar refractivity (Wildman–Crippen MR) is 96.5 cm³/mol. The van der Waals surface area contributed by atoms with E-state index < -0.39 is 0 Å². The molecule has 0 aliphatic heterocycles. The molecule has 0 saturated heterocycles. The van der Waals surface area contributed by atoms with Gasteiger partial charge < -0.3 is 5.32 Å². The van der Waals surface area contributed by atoms with E-state index in [0.717, 1.165) is 22.3 Å². The second-order valence-corrected chi connectivity index (χ2v) is 5.84. The maximum atomic E-state index is 5.95. The van der Waals surface area contributed by atoms with Gasteiger partial charge in [0.1, 0.15) is 5.82 Å². The van der Waals surface area contributed by atoms with Crippen molar-refractivity contribution >= 4 is 34.1 Å². The third-order valence-electron chi connectivity index (χ3n) is 3.73. The minimum absolute atomic E-state index is 0.656. The summed E-state index contributed by atoms with van der Waals surface area (Å²) in [5.74, 6) is 1.37. The first-order valence-electron chi connectivity index (χ1n) is 7.48. The molecule has 0 aliphatic rings. The van der Waals surface area contributed by atoms with Crippen LogP contribution in [0.2, 0.25) is 5.02 Å². The minimum atomic E-state index is 0.656. The molecule has 0 amide bonds. The number of nitrogens with zero attached hydrogens (tertiary/aromatic N) is 4. The summed E-state index contributed by atoms with van der Waals surface area (Å²) < 4.78 is 1.75. The molecule has 0 atom stereocenters. The van der Waals surface area contributed by atoms with Gasteiger partial charge in [-0.25, -0.2) is 9.97 Å². The number of halogens is 1. The van der Waals surface area contributed by atoms with Gasteiger partial charge in [-0.05, 0) is 24.3 Å². The molecule has 5 nitrogen and oxygen atoms in total. The third-order valence-corrected chi connectivity index (χ3v) is 3.98. The molecule has 0 bridgehead atoms. The average molecular weight is 336 g/mol. The van der Waals surface area contributed by atoms with Crippen LogP contribution in [-0.2, 0) is 7.05 Å². The SMILES string of the molecule is Cn1ncc2c(Nc3ccc(Cl)cc3)nc(-c3ccccc3)nc21. The molecule has 4 rings (SSSR count). The quantitative estimate of drug-likeness (QED) is 0.602. The van der Waals surface area contributed by atoms with Crippen LogP contribution in [0, 0.1) is 0 Å². The lowest BCUT2D eigenvalue weighted by atomic mass is 10.2. The van der Waals surface area contributed by atoms with Gasteiger partial charge >= 0.3 is 0 Å². The number of hydrogen-bond donors (Lipinski definition) is 1. The first-order chi connectivity index (χ1) is 11.7. The normalized spacial score (nSPS) is 10.9. The highest BCUT2D eigenvalue weighted by molar-refractivity contribution is 6.30. The Hall–Kier alpha value is -2.92. The number of hydrogen-bond acceptors (Lipinski definition) is 4. The van der Waals surface area contributed by atoms with Crippen LogP contribution in [0.1, 0.15) is 0 Å². The summed E-state index contributed by atoms with van der Waals surface area (Å²) in [6, 6.07) is 17.4. The monoisotopic (exact) mass is 335 g/mol. The summed E-state index contributed by atoms with van der Waals surface area (Å²) >= 11 is 5.95. The van der Waals surface area contributed by atoms with E-state index in [1.807, 2.05) is 61.6 Å². The lowest BCUT2D eigenvalue weighted by molar-refractivity contribution is 0.786. The Balaban J connectivity index is 1.85. The van der Waals surface area contributed by atoms with E-state index in [9.17, 15) is 0 Å². The molecule has 0 spiro atoms. The largest absolute Gasteiger partial charge is 0.339 e. The molecular weight excluding hydrogens is 322 g/mol. The van der Waals surface area contributed by atoms with Crippen molar-refractivity contribution in [2.24, 2.45) is 7.05 Å². The van der Waals surface area contributed by atoms with Crippen molar-refractivity contribution in [1.29, 1.82) is 0 Å². The van der Waals surface area contributed by atoms with Crippen LogP contribution in [0.5, 0.6) is 0 Å². The zero-order chi connectivity index (χ0) is 16.5. The fraction of sp³-hybridized carbons (Fsp3) is 0.0556. The van der Waals surface area contributed by atoms with E-state index in [-0.39, 0.29) is 0 Å². The average Bonchev–Trinajstić information content (AvgIpc) is 2.99. The van der Waals surface area contributed by atoms with Crippen LogP contribution in [0.4, 0.5) is 11.5 Å². The Morgan fingerprint density at radius 3 is 2.46 bits per heavy atom. The molecule has 2 heterocycles. The molecule has 0 saturated carbocycles. The van der Waals surface area contributed by atoms with Crippen LogP contribution in [0.3, 0.4) is 0 Å². The lowest BCUT2D eigenvalue weighted by Crippen LogP contribution is -2.00. The Morgan fingerprint density at radius 2 is 1.71 bits per heavy atom. The highest BCUT2D eigenvalue weighted by Crippen LogP contribution is 2.27. The number of anilines is 2. The van der Waals surface area contributed by atoms with Crippen molar-refractivity contribution in [3.05, 3.63) is 65.8 Å². The van der Waals surface area contributed by atoms with E-state index in [2.05, 4.69) is 15.4 Å². The lowest BCUT2D eigenvalue weighted by Gasteiger charge is -2.09. The molecule has 0 fully saturated rings. The standard InChI is InChI=1S/C18H14ClN5/c1-24-18-15(11-20-24)17(21-14-9-7-13(19)8-10-14)22-16(23-18)12-5-3-2-4-6-12/h2-11H,1H3,(H,21,22,23). The van der Waals surface area contributed by atoms with E-state index in [4.69, 9.17) is 16.6 Å². The molecule has 0 radical (unpaired) electrons. The maximum Gasteiger partial charge on any atom is 0.163 e. The number of fused-ring (bicyclic) bond motifs is 1. The van der Waals surface area contributed by atoms with E-state index >= 15 is 0 Å². The van der Waals surface area contributed by atoms with Crippen molar-refractivity contribution in [1.82, 2.24) is 19.7 Å². The number of aryl methyl sites for hydroxylation is 1. The van der Waals surface area contributed by atoms with Gasteiger partial charge in [0.05, 0.1) is 11.6 Å². The number of nitrogens with one attached hydrogen (secondary N) is 1. The minimum Gasteiger partial charge on any atom is -0.339 e. The van der Waals surface area contributed by atoms with Gasteiger partial charge in [-0.2, -0.15) is 5.10 Å². The van der Waals surface area contributed by atoms with E-state index in [0.29, 0.717) is 16.7 Å². The van der Waals surface area contributed by atoms with Crippen LogP contribution in [0.25, 0.3) is 22.4 Å². The van der Waals surface area contributed by atoms with Crippen molar-refractivity contribution in [2.45, 2.75) is 0 Å². The molecule has 2 aromatic carbocycles. The van der Waals surface area contributed by atoms with Gasteiger partial charge in [0.25, 0.3) is 0 Å². The first-order valence-corrected chi connectivity index (χ1v) is 7.86. The molecule has 4 aromatic rings. The summed E-state index contributed by atoms with van der Waals surface area (Å²) in [4.78, 5) is 9.34. The van der Waals surface area contributed by atoms with E-state index in [1.54, 1.807) is 10.9 Å². The maximum absolute atomic E-state index is 5.95. The van der Waals surface area contributed by atoms with E-state index in [1.165, 1.54) is 0 Å². The fourth-order valence-corrected chi connectivity index (χ4v) is 2.63. The van der Waals surface area contributed by atoms with Gasteiger partial charge in [0, 0.05) is 23.3 Å². The van der Waals surface area contributed by atoms with Crippen LogP contribution in [0.15, 0.2) is 60.8 Å². The molecule has 0 unspecified atom stereocenters. The van der Waals surface area contributed by atoms with Crippen LogP contribution < -0.4 is 5.32 Å². The molecule has 2 aromatic heterocycles. The van der Waals surface area contributed by atoms with Gasteiger partial charge in [0.2, 0.25) is 0 Å². The predicted octanol–water partition coefficient (Wildman–Crippen LogP) is 4.43. The zero-order valence-electron chi connectivity index (χ0n) is 12.9. The molecule has 24 heavy (non-hydrogen) atoms. The van der Waals surface area contributed by atoms with Crippen molar-refractivity contribution in [3.8, 4) is 11.4 Å². The number of aromatic nitrogens is 4. The van der Waals surface area contributed by atoms with Gasteiger partial charge in [0.15, 0.2) is 11.5 Å². The molecule has 0 aliphatic carbocycles. The summed E-state index contributed by atoms with van der Waals surface area (Å²) in [5, 5.41) is 9.20. The Bertz CT molecular complexity index is 993. The smallest absolute Gasteiger partial charge is 0.163 e. The molecule has 6 heteroatoms. The van der Waals surface area contributed by atoms with Gasteiger partial charge in [-0.3, -0.25) is 4.68 Å². The van der Waals surface area contributed by atoms with Crippen LogP contribution in [-0.4, -0.2) is 19.7 Å². The topological polar surface area (TPSA) is 55.6 Å². The molecule has 1 N–H and O–H groups in total. The third kappa shape index (κ3) is 2.70. The highest BCUT2D eigenvalue weighted by atomic mass is 35.5. The summed E-state index contributed by atoms with van der Waals surface area (Å²) in [6.07, 6.45) is 1.77. The Kier molecular flexibility index (Phi) is 3.63. The van der Waals surface area contributed by atoms with Crippen LogP contribution >= 0.6 is 11.6 Å². The molecular formula is C18H14ClN5.